The van der Waals surface area contributed by atoms with Gasteiger partial charge in [-0.25, -0.2) is 4.98 Å². The maximum absolute atomic E-state index is 13.2. The van der Waals surface area contributed by atoms with Crippen LogP contribution < -0.4 is 5.56 Å². The maximum atomic E-state index is 13.2. The largest absolute Gasteiger partial charge is 0.378 e. The Labute approximate surface area is 172 Å². The lowest BCUT2D eigenvalue weighted by atomic mass is 10.2. The lowest BCUT2D eigenvalue weighted by molar-refractivity contribution is -0.132. The van der Waals surface area contributed by atoms with Crippen LogP contribution in [0.25, 0.3) is 5.69 Å². The van der Waals surface area contributed by atoms with Gasteiger partial charge in [0.15, 0.2) is 5.16 Å². The van der Waals surface area contributed by atoms with Crippen molar-refractivity contribution in [1.29, 1.82) is 0 Å². The minimum Gasteiger partial charge on any atom is -0.378 e. The Morgan fingerprint density at radius 2 is 2.00 bits per heavy atom. The van der Waals surface area contributed by atoms with Crippen LogP contribution in [-0.4, -0.2) is 57.7 Å². The molecule has 0 aliphatic carbocycles. The number of carbonyl (C=O) groups is 1. The number of benzene rings is 1. The summed E-state index contributed by atoms with van der Waals surface area (Å²) >= 11 is 2.93. The normalized spacial score (nSPS) is 18.9. The number of ether oxygens (including phenoxy) is 1. The van der Waals surface area contributed by atoms with Crippen LogP contribution in [0.2, 0.25) is 0 Å². The molecule has 1 atom stereocenters. The molecule has 1 aromatic carbocycles. The molecule has 3 heterocycles. The van der Waals surface area contributed by atoms with Gasteiger partial charge >= 0.3 is 0 Å². The predicted molar refractivity (Wildman–Crippen MR) is 112 cm³/mol. The molecule has 2 aromatic rings. The highest BCUT2D eigenvalue weighted by molar-refractivity contribution is 8.00. The van der Waals surface area contributed by atoms with Crippen molar-refractivity contribution in [3.63, 3.8) is 0 Å². The Kier molecular flexibility index (Phi) is 5.80. The fourth-order valence-electron chi connectivity index (χ4n) is 3.35. The molecule has 4 rings (SSSR count). The summed E-state index contributed by atoms with van der Waals surface area (Å²) in [6, 6.07) is 7.83. The SMILES string of the molecule is Cc1ccc(-n2c(SCC(=O)N3CCOCC3)nc3c(c2=O)S[C@H](C)C3)cc1. The van der Waals surface area contributed by atoms with Gasteiger partial charge in [-0.3, -0.25) is 14.2 Å². The third-order valence-corrected chi connectivity index (χ3v) is 7.00. The quantitative estimate of drug-likeness (QED) is 0.563. The Bertz CT molecular complexity index is 937. The number of morpholine rings is 1. The fourth-order valence-corrected chi connectivity index (χ4v) is 5.38. The van der Waals surface area contributed by atoms with Crippen LogP contribution in [0.1, 0.15) is 18.2 Å². The highest BCUT2D eigenvalue weighted by Crippen LogP contribution is 2.34. The van der Waals surface area contributed by atoms with Gasteiger partial charge in [-0.15, -0.1) is 11.8 Å². The second-order valence-electron chi connectivity index (χ2n) is 7.06. The lowest BCUT2D eigenvalue weighted by Crippen LogP contribution is -2.41. The standard InChI is InChI=1S/C20H23N3O3S2/c1-13-3-5-15(6-4-13)23-19(25)18-16(11-14(2)28-18)21-20(23)27-12-17(24)22-7-9-26-10-8-22/h3-6,14H,7-12H2,1-2H3/t14-/m1/s1. The summed E-state index contributed by atoms with van der Waals surface area (Å²) in [6.07, 6.45) is 0.787. The highest BCUT2D eigenvalue weighted by atomic mass is 32.2. The van der Waals surface area contributed by atoms with Crippen molar-refractivity contribution in [3.05, 3.63) is 45.9 Å². The third kappa shape index (κ3) is 3.99. The number of aromatic nitrogens is 2. The first-order chi connectivity index (χ1) is 13.5. The first kappa shape index (κ1) is 19.5. The Hall–Kier alpha value is -1.77. The zero-order valence-corrected chi connectivity index (χ0v) is 17.6. The van der Waals surface area contributed by atoms with E-state index in [1.807, 2.05) is 36.1 Å². The molecule has 2 aliphatic rings. The molecule has 0 spiro atoms. The first-order valence-electron chi connectivity index (χ1n) is 9.41. The van der Waals surface area contributed by atoms with E-state index in [2.05, 4.69) is 6.92 Å². The van der Waals surface area contributed by atoms with Gasteiger partial charge in [0.2, 0.25) is 5.91 Å². The van der Waals surface area contributed by atoms with Gasteiger partial charge in [-0.05, 0) is 19.1 Å². The monoisotopic (exact) mass is 417 g/mol. The number of amides is 1. The summed E-state index contributed by atoms with van der Waals surface area (Å²) in [6.45, 7) is 6.53. The van der Waals surface area contributed by atoms with Gasteiger partial charge in [-0.1, -0.05) is 36.4 Å². The van der Waals surface area contributed by atoms with Crippen molar-refractivity contribution in [3.8, 4) is 5.69 Å². The predicted octanol–water partition coefficient (Wildman–Crippen LogP) is 2.53. The summed E-state index contributed by atoms with van der Waals surface area (Å²) in [5, 5.41) is 0.931. The average Bonchev–Trinajstić information content (AvgIpc) is 3.08. The fraction of sp³-hybridized carbons (Fsp3) is 0.450. The smallest absolute Gasteiger partial charge is 0.272 e. The first-order valence-corrected chi connectivity index (χ1v) is 11.3. The van der Waals surface area contributed by atoms with E-state index in [-0.39, 0.29) is 17.2 Å². The Balaban J connectivity index is 1.66. The number of carbonyl (C=O) groups excluding carboxylic acids is 1. The van der Waals surface area contributed by atoms with Crippen LogP contribution in [0, 0.1) is 6.92 Å². The van der Waals surface area contributed by atoms with E-state index in [1.54, 1.807) is 16.3 Å². The van der Waals surface area contributed by atoms with E-state index < -0.39 is 0 Å². The molecule has 1 amide bonds. The Morgan fingerprint density at radius 1 is 1.29 bits per heavy atom. The zero-order valence-electron chi connectivity index (χ0n) is 16.0. The van der Waals surface area contributed by atoms with Crippen LogP contribution in [0.5, 0.6) is 0 Å². The minimum atomic E-state index is -0.0375. The molecular formula is C20H23N3O3S2. The van der Waals surface area contributed by atoms with Crippen molar-refractivity contribution in [2.75, 3.05) is 32.1 Å². The number of nitrogens with zero attached hydrogens (tertiary/aromatic N) is 3. The van der Waals surface area contributed by atoms with E-state index in [9.17, 15) is 9.59 Å². The van der Waals surface area contributed by atoms with Gasteiger partial charge in [0.1, 0.15) is 0 Å². The minimum absolute atomic E-state index is 0.0375. The van der Waals surface area contributed by atoms with Gasteiger partial charge in [0.05, 0.1) is 35.2 Å². The lowest BCUT2D eigenvalue weighted by Gasteiger charge is -2.26. The van der Waals surface area contributed by atoms with Crippen LogP contribution in [0.4, 0.5) is 0 Å². The van der Waals surface area contributed by atoms with Crippen LogP contribution in [0.3, 0.4) is 0 Å². The average molecular weight is 418 g/mol. The molecule has 8 heteroatoms. The van der Waals surface area contributed by atoms with Gasteiger partial charge in [-0.2, -0.15) is 0 Å². The van der Waals surface area contributed by atoms with Crippen molar-refractivity contribution < 1.29 is 9.53 Å². The molecule has 1 fully saturated rings. The highest BCUT2D eigenvalue weighted by Gasteiger charge is 2.27. The number of fused-ring (bicyclic) bond motifs is 1. The third-order valence-electron chi connectivity index (χ3n) is 4.86. The number of hydrogen-bond acceptors (Lipinski definition) is 6. The molecule has 0 N–H and O–H groups in total. The molecule has 0 saturated carbocycles. The van der Waals surface area contributed by atoms with Crippen LogP contribution >= 0.6 is 23.5 Å². The van der Waals surface area contributed by atoms with E-state index in [1.165, 1.54) is 11.8 Å². The topological polar surface area (TPSA) is 64.4 Å². The molecular weight excluding hydrogens is 394 g/mol. The summed E-state index contributed by atoms with van der Waals surface area (Å²) in [4.78, 5) is 33.1. The molecule has 0 unspecified atom stereocenters. The molecule has 0 bridgehead atoms. The van der Waals surface area contributed by atoms with E-state index in [4.69, 9.17) is 9.72 Å². The molecule has 1 saturated heterocycles. The van der Waals surface area contributed by atoms with E-state index >= 15 is 0 Å². The van der Waals surface area contributed by atoms with Crippen molar-refractivity contribution in [2.45, 2.75) is 35.6 Å². The number of aryl methyl sites for hydroxylation is 1. The van der Waals surface area contributed by atoms with Gasteiger partial charge < -0.3 is 9.64 Å². The molecule has 6 nitrogen and oxygen atoms in total. The molecule has 28 heavy (non-hydrogen) atoms. The maximum Gasteiger partial charge on any atom is 0.272 e. The Morgan fingerprint density at radius 3 is 2.71 bits per heavy atom. The van der Waals surface area contributed by atoms with Crippen molar-refractivity contribution >= 4 is 29.4 Å². The number of thioether (sulfide) groups is 2. The molecule has 148 valence electrons. The number of rotatable bonds is 4. The molecule has 1 aromatic heterocycles. The summed E-state index contributed by atoms with van der Waals surface area (Å²) in [5.41, 5.74) is 2.73. The summed E-state index contributed by atoms with van der Waals surface area (Å²) in [5.74, 6) is 0.320. The van der Waals surface area contributed by atoms with Crippen molar-refractivity contribution in [1.82, 2.24) is 14.5 Å². The second kappa shape index (κ2) is 8.31. The van der Waals surface area contributed by atoms with Gasteiger partial charge in [0, 0.05) is 24.8 Å². The summed E-state index contributed by atoms with van der Waals surface area (Å²) < 4.78 is 6.97. The van der Waals surface area contributed by atoms with Crippen LogP contribution in [0.15, 0.2) is 39.1 Å². The number of hydrogen-bond donors (Lipinski definition) is 0. The zero-order chi connectivity index (χ0) is 19.7. The molecule has 0 radical (unpaired) electrons. The van der Waals surface area contributed by atoms with E-state index in [0.29, 0.717) is 36.7 Å². The van der Waals surface area contributed by atoms with Gasteiger partial charge in [0.25, 0.3) is 5.56 Å². The second-order valence-corrected chi connectivity index (χ2v) is 9.45. The molecule has 2 aliphatic heterocycles. The van der Waals surface area contributed by atoms with E-state index in [0.717, 1.165) is 28.3 Å². The van der Waals surface area contributed by atoms with Crippen LogP contribution in [-0.2, 0) is 16.0 Å². The van der Waals surface area contributed by atoms with Crippen molar-refractivity contribution in [2.24, 2.45) is 0 Å². The summed E-state index contributed by atoms with van der Waals surface area (Å²) in [7, 11) is 0.